The maximum absolute atomic E-state index is 12.8. The first-order valence-electron chi connectivity index (χ1n) is 26.6. The van der Waals surface area contributed by atoms with Crippen LogP contribution in [0.4, 0.5) is 0 Å². The first kappa shape index (κ1) is 59.4. The van der Waals surface area contributed by atoms with Gasteiger partial charge < -0.3 is 14.2 Å². The van der Waals surface area contributed by atoms with Crippen LogP contribution in [0.3, 0.4) is 0 Å². The highest BCUT2D eigenvalue weighted by Crippen LogP contribution is 2.15. The number of hydrogen-bond acceptors (Lipinski definition) is 6. The molecule has 62 heavy (non-hydrogen) atoms. The van der Waals surface area contributed by atoms with E-state index in [2.05, 4.69) is 69.4 Å². The zero-order valence-corrected chi connectivity index (χ0v) is 41.1. The molecule has 1 atom stereocenters. The Balaban J connectivity index is 4.32. The second-order valence-corrected chi connectivity index (χ2v) is 17.8. The summed E-state index contributed by atoms with van der Waals surface area (Å²) >= 11 is 0. The molecule has 6 nitrogen and oxygen atoms in total. The summed E-state index contributed by atoms with van der Waals surface area (Å²) in [6, 6.07) is 0. The Labute approximate surface area is 384 Å². The largest absolute Gasteiger partial charge is 0.462 e. The minimum atomic E-state index is -0.779. The molecule has 6 heteroatoms. The van der Waals surface area contributed by atoms with Crippen molar-refractivity contribution in [3.63, 3.8) is 0 Å². The highest BCUT2D eigenvalue weighted by molar-refractivity contribution is 5.71. The van der Waals surface area contributed by atoms with Gasteiger partial charge in [-0.1, -0.05) is 217 Å². The molecular formula is C56H100O6. The molecule has 0 N–H and O–H groups in total. The van der Waals surface area contributed by atoms with Gasteiger partial charge >= 0.3 is 17.9 Å². The van der Waals surface area contributed by atoms with E-state index in [1.165, 1.54) is 141 Å². The summed E-state index contributed by atoms with van der Waals surface area (Å²) in [4.78, 5) is 37.9. The Hall–Kier alpha value is -2.63. The lowest BCUT2D eigenvalue weighted by molar-refractivity contribution is -0.167. The molecule has 0 amide bonds. The fourth-order valence-corrected chi connectivity index (χ4v) is 7.50. The predicted molar refractivity (Wildman–Crippen MR) is 265 cm³/mol. The number of carbonyl (C=O) groups excluding carboxylic acids is 3. The molecule has 0 spiro atoms. The summed E-state index contributed by atoms with van der Waals surface area (Å²) in [5.41, 5.74) is 0. The van der Waals surface area contributed by atoms with Crippen LogP contribution in [-0.2, 0) is 28.6 Å². The number of ether oxygens (including phenoxy) is 3. The smallest absolute Gasteiger partial charge is 0.306 e. The summed E-state index contributed by atoms with van der Waals surface area (Å²) in [7, 11) is 0. The molecule has 0 bridgehead atoms. The third-order valence-electron chi connectivity index (χ3n) is 11.6. The lowest BCUT2D eigenvalue weighted by Crippen LogP contribution is -2.30. The predicted octanol–water partition coefficient (Wildman–Crippen LogP) is 17.5. The fourth-order valence-electron chi connectivity index (χ4n) is 7.50. The van der Waals surface area contributed by atoms with Crippen LogP contribution in [0.2, 0.25) is 0 Å². The van der Waals surface area contributed by atoms with Crippen molar-refractivity contribution in [2.45, 2.75) is 277 Å². The highest BCUT2D eigenvalue weighted by atomic mass is 16.6. The Morgan fingerprint density at radius 1 is 0.323 bits per heavy atom. The van der Waals surface area contributed by atoms with Crippen LogP contribution in [0.1, 0.15) is 271 Å². The van der Waals surface area contributed by atoms with Gasteiger partial charge in [-0.2, -0.15) is 0 Å². The molecule has 0 aliphatic rings. The summed E-state index contributed by atoms with van der Waals surface area (Å²) < 4.78 is 16.8. The topological polar surface area (TPSA) is 78.9 Å². The van der Waals surface area contributed by atoms with Crippen molar-refractivity contribution in [3.05, 3.63) is 48.6 Å². The third-order valence-corrected chi connectivity index (χ3v) is 11.6. The average molecular weight is 869 g/mol. The van der Waals surface area contributed by atoms with E-state index in [0.29, 0.717) is 19.3 Å². The van der Waals surface area contributed by atoms with E-state index in [4.69, 9.17) is 14.2 Å². The molecular weight excluding hydrogens is 769 g/mol. The van der Waals surface area contributed by atoms with Gasteiger partial charge in [-0.3, -0.25) is 14.4 Å². The zero-order valence-electron chi connectivity index (χ0n) is 41.1. The molecule has 0 radical (unpaired) electrons. The second kappa shape index (κ2) is 51.0. The molecule has 0 aromatic heterocycles. The lowest BCUT2D eigenvalue weighted by Gasteiger charge is -2.18. The SMILES string of the molecule is CCCCC/C=C\CCCCCCCC(=O)OC(COC(=O)CCCCCCCC/C=C\C/C=C\C/C=C\CCCCCCC)COC(=O)CCCCCCCCCCCCC. The van der Waals surface area contributed by atoms with Crippen LogP contribution >= 0.6 is 0 Å². The molecule has 0 saturated carbocycles. The van der Waals surface area contributed by atoms with Crippen LogP contribution in [0, 0.1) is 0 Å². The Morgan fingerprint density at radius 2 is 0.581 bits per heavy atom. The van der Waals surface area contributed by atoms with Crippen molar-refractivity contribution >= 4 is 17.9 Å². The average Bonchev–Trinajstić information content (AvgIpc) is 3.27. The Morgan fingerprint density at radius 3 is 0.952 bits per heavy atom. The van der Waals surface area contributed by atoms with E-state index < -0.39 is 6.10 Å². The monoisotopic (exact) mass is 869 g/mol. The highest BCUT2D eigenvalue weighted by Gasteiger charge is 2.19. The maximum atomic E-state index is 12.8. The van der Waals surface area contributed by atoms with Gasteiger partial charge in [0.05, 0.1) is 0 Å². The minimum Gasteiger partial charge on any atom is -0.462 e. The quantitative estimate of drug-likeness (QED) is 0.0262. The number of esters is 3. The molecule has 0 rings (SSSR count). The van der Waals surface area contributed by atoms with Gasteiger partial charge in [-0.05, 0) is 83.5 Å². The molecule has 0 aromatic rings. The normalized spacial score (nSPS) is 12.4. The van der Waals surface area contributed by atoms with Crippen molar-refractivity contribution in [1.82, 2.24) is 0 Å². The maximum Gasteiger partial charge on any atom is 0.306 e. The van der Waals surface area contributed by atoms with Crippen LogP contribution in [0.15, 0.2) is 48.6 Å². The van der Waals surface area contributed by atoms with Crippen LogP contribution in [-0.4, -0.2) is 37.2 Å². The van der Waals surface area contributed by atoms with E-state index >= 15 is 0 Å². The van der Waals surface area contributed by atoms with E-state index in [-0.39, 0.29) is 31.1 Å². The summed E-state index contributed by atoms with van der Waals surface area (Å²) in [6.07, 6.45) is 60.9. The van der Waals surface area contributed by atoms with Gasteiger partial charge in [0.15, 0.2) is 6.10 Å². The van der Waals surface area contributed by atoms with E-state index in [9.17, 15) is 14.4 Å². The summed E-state index contributed by atoms with van der Waals surface area (Å²) in [5.74, 6) is -0.895. The molecule has 360 valence electrons. The zero-order chi connectivity index (χ0) is 45.1. The molecule has 0 aromatic carbocycles. The second-order valence-electron chi connectivity index (χ2n) is 17.8. The number of carbonyl (C=O) groups is 3. The van der Waals surface area contributed by atoms with Gasteiger partial charge in [-0.15, -0.1) is 0 Å². The van der Waals surface area contributed by atoms with Crippen molar-refractivity contribution < 1.29 is 28.6 Å². The van der Waals surface area contributed by atoms with Crippen molar-refractivity contribution in [3.8, 4) is 0 Å². The third kappa shape index (κ3) is 48.4. The first-order chi connectivity index (χ1) is 30.5. The molecule has 0 saturated heterocycles. The molecule has 0 aliphatic heterocycles. The van der Waals surface area contributed by atoms with Gasteiger partial charge in [-0.25, -0.2) is 0 Å². The number of allylic oxidation sites excluding steroid dienone is 8. The summed E-state index contributed by atoms with van der Waals surface area (Å²) in [6.45, 7) is 6.59. The van der Waals surface area contributed by atoms with Crippen LogP contribution < -0.4 is 0 Å². The van der Waals surface area contributed by atoms with Crippen molar-refractivity contribution in [2.75, 3.05) is 13.2 Å². The van der Waals surface area contributed by atoms with Crippen molar-refractivity contribution in [1.29, 1.82) is 0 Å². The minimum absolute atomic E-state index is 0.0787. The molecule has 1 unspecified atom stereocenters. The molecule has 0 aliphatic carbocycles. The number of rotatable bonds is 48. The Kier molecular flexibility index (Phi) is 48.8. The first-order valence-corrected chi connectivity index (χ1v) is 26.6. The lowest BCUT2D eigenvalue weighted by atomic mass is 10.1. The van der Waals surface area contributed by atoms with Crippen molar-refractivity contribution in [2.24, 2.45) is 0 Å². The van der Waals surface area contributed by atoms with Gasteiger partial charge in [0.2, 0.25) is 0 Å². The Bertz CT molecular complexity index is 1090. The number of unbranched alkanes of at least 4 members (excludes halogenated alkanes) is 29. The van der Waals surface area contributed by atoms with Gasteiger partial charge in [0.25, 0.3) is 0 Å². The fraction of sp³-hybridized carbons (Fsp3) is 0.804. The number of hydrogen-bond donors (Lipinski definition) is 0. The molecule has 0 heterocycles. The van der Waals surface area contributed by atoms with Gasteiger partial charge in [0.1, 0.15) is 13.2 Å². The van der Waals surface area contributed by atoms with E-state index in [0.717, 1.165) is 89.9 Å². The van der Waals surface area contributed by atoms with Crippen LogP contribution in [0.25, 0.3) is 0 Å². The van der Waals surface area contributed by atoms with Gasteiger partial charge in [0, 0.05) is 19.3 Å². The van der Waals surface area contributed by atoms with E-state index in [1.54, 1.807) is 0 Å². The van der Waals surface area contributed by atoms with Crippen LogP contribution in [0.5, 0.6) is 0 Å². The molecule has 0 fully saturated rings. The standard InChI is InChI=1S/C56H100O6/c1-4-7-10-13-16-19-22-24-25-26-27-28-29-30-31-32-35-37-40-43-46-49-55(58)61-52-53(51-60-54(57)48-45-42-39-36-33-21-18-15-12-9-6-3)62-56(59)50-47-44-41-38-34-23-20-17-14-11-8-5-2/h17,20,22,24,26-27,29-30,53H,4-16,18-19,21,23,25,28,31-52H2,1-3H3/b20-17-,24-22-,27-26-,30-29-. The summed E-state index contributed by atoms with van der Waals surface area (Å²) in [5, 5.41) is 0. The van der Waals surface area contributed by atoms with E-state index in [1.807, 2.05) is 0 Å².